The molecule has 0 radical (unpaired) electrons. The van der Waals surface area contributed by atoms with Crippen LogP contribution in [-0.4, -0.2) is 10.9 Å². The van der Waals surface area contributed by atoms with E-state index in [-0.39, 0.29) is 5.17 Å². The molecule has 0 aromatic carbocycles. The maximum atomic E-state index is 7.12. The summed E-state index contributed by atoms with van der Waals surface area (Å²) in [6, 6.07) is 0. The van der Waals surface area contributed by atoms with Crippen molar-refractivity contribution in [3.05, 3.63) is 12.2 Å². The van der Waals surface area contributed by atoms with Crippen molar-refractivity contribution in [2.75, 3.05) is 5.75 Å². The molecular formula is C9H16N2S. The van der Waals surface area contributed by atoms with Gasteiger partial charge >= 0.3 is 0 Å². The third kappa shape index (κ3) is 2.89. The number of nitrogens with two attached hydrogens (primary N) is 1. The van der Waals surface area contributed by atoms with Crippen LogP contribution >= 0.6 is 11.8 Å². The third-order valence-electron chi connectivity index (χ3n) is 2.27. The van der Waals surface area contributed by atoms with Crippen molar-refractivity contribution in [3.8, 4) is 0 Å². The molecule has 1 aliphatic carbocycles. The zero-order valence-corrected chi connectivity index (χ0v) is 8.29. The van der Waals surface area contributed by atoms with Crippen molar-refractivity contribution >= 4 is 16.9 Å². The molecule has 0 fully saturated rings. The Balaban J connectivity index is 2.38. The summed E-state index contributed by atoms with van der Waals surface area (Å²) in [7, 11) is 0. The van der Waals surface area contributed by atoms with Gasteiger partial charge in [-0.25, -0.2) is 0 Å². The number of allylic oxidation sites excluding steroid dienone is 2. The smallest absolute Gasteiger partial charge is 0.151 e. The summed E-state index contributed by atoms with van der Waals surface area (Å²) in [5.41, 5.74) is 5.66. The summed E-state index contributed by atoms with van der Waals surface area (Å²) in [4.78, 5) is 0. The van der Waals surface area contributed by atoms with Crippen molar-refractivity contribution < 1.29 is 0 Å². The normalized spacial score (nSPS) is 28.8. The Bertz CT molecular complexity index is 201. The Morgan fingerprint density at radius 1 is 1.67 bits per heavy atom. The van der Waals surface area contributed by atoms with Gasteiger partial charge in [-0.05, 0) is 24.7 Å². The second-order valence-corrected chi connectivity index (χ2v) is 4.69. The van der Waals surface area contributed by atoms with Gasteiger partial charge in [0.25, 0.3) is 0 Å². The number of hydrogen-bond donors (Lipinski definition) is 2. The molecule has 12 heavy (non-hydrogen) atoms. The fourth-order valence-electron chi connectivity index (χ4n) is 1.40. The van der Waals surface area contributed by atoms with Crippen LogP contribution in [0.2, 0.25) is 0 Å². The van der Waals surface area contributed by atoms with Crippen LogP contribution in [-0.2, 0) is 0 Å². The fourth-order valence-corrected chi connectivity index (χ4v) is 2.17. The van der Waals surface area contributed by atoms with Gasteiger partial charge in [0.1, 0.15) is 0 Å². The average Bonchev–Trinajstić information content (AvgIpc) is 2.03. The summed E-state index contributed by atoms with van der Waals surface area (Å²) in [5, 5.41) is 7.36. The van der Waals surface area contributed by atoms with E-state index in [4.69, 9.17) is 11.1 Å². The van der Waals surface area contributed by atoms with E-state index < -0.39 is 0 Å². The molecule has 1 rings (SSSR count). The zero-order chi connectivity index (χ0) is 9.03. The van der Waals surface area contributed by atoms with Crippen LogP contribution in [0.1, 0.15) is 26.2 Å². The highest BCUT2D eigenvalue weighted by molar-refractivity contribution is 8.13. The Kier molecular flexibility index (Phi) is 3.20. The molecule has 1 unspecified atom stereocenters. The summed E-state index contributed by atoms with van der Waals surface area (Å²) in [6.45, 7) is 2.27. The first-order chi connectivity index (χ1) is 5.62. The molecule has 1 aliphatic rings. The summed E-state index contributed by atoms with van der Waals surface area (Å²) >= 11 is 1.46. The van der Waals surface area contributed by atoms with Crippen molar-refractivity contribution in [1.29, 1.82) is 5.41 Å². The molecule has 0 amide bonds. The second-order valence-electron chi connectivity index (χ2n) is 3.68. The molecule has 0 saturated carbocycles. The van der Waals surface area contributed by atoms with Gasteiger partial charge in [0, 0.05) is 5.75 Å². The highest BCUT2D eigenvalue weighted by Gasteiger charge is 2.24. The summed E-state index contributed by atoms with van der Waals surface area (Å²) in [5.74, 6) is 0.979. The first kappa shape index (κ1) is 9.65. The fraction of sp³-hybridized carbons (Fsp3) is 0.667. The Morgan fingerprint density at radius 3 is 2.92 bits per heavy atom. The topological polar surface area (TPSA) is 49.9 Å². The van der Waals surface area contributed by atoms with E-state index in [1.165, 1.54) is 24.6 Å². The van der Waals surface area contributed by atoms with Crippen LogP contribution in [0.15, 0.2) is 12.2 Å². The van der Waals surface area contributed by atoms with Crippen molar-refractivity contribution in [3.63, 3.8) is 0 Å². The molecule has 0 aliphatic heterocycles. The first-order valence-corrected chi connectivity index (χ1v) is 5.23. The molecule has 0 saturated heterocycles. The molecule has 0 spiro atoms. The highest BCUT2D eigenvalue weighted by Crippen LogP contribution is 2.35. The van der Waals surface area contributed by atoms with E-state index in [1.807, 2.05) is 0 Å². The van der Waals surface area contributed by atoms with Crippen LogP contribution in [0.3, 0.4) is 0 Å². The van der Waals surface area contributed by atoms with Gasteiger partial charge in [-0.2, -0.15) is 0 Å². The maximum absolute atomic E-state index is 7.12. The predicted octanol–water partition coefficient (Wildman–Crippen LogP) is 2.36. The molecule has 3 N–H and O–H groups in total. The molecule has 0 aromatic heterocycles. The van der Waals surface area contributed by atoms with Gasteiger partial charge < -0.3 is 5.73 Å². The Labute approximate surface area is 78.1 Å². The van der Waals surface area contributed by atoms with Crippen molar-refractivity contribution in [2.24, 2.45) is 11.1 Å². The third-order valence-corrected chi connectivity index (χ3v) is 3.42. The molecule has 1 atom stereocenters. The predicted molar refractivity (Wildman–Crippen MR) is 55.5 cm³/mol. The van der Waals surface area contributed by atoms with E-state index in [1.54, 1.807) is 0 Å². The van der Waals surface area contributed by atoms with Crippen LogP contribution in [0, 0.1) is 10.8 Å². The van der Waals surface area contributed by atoms with Gasteiger partial charge in [0.15, 0.2) is 5.17 Å². The molecule has 68 valence electrons. The minimum atomic E-state index is 0.241. The number of rotatable bonds is 2. The van der Waals surface area contributed by atoms with E-state index in [9.17, 15) is 0 Å². The Morgan fingerprint density at radius 2 is 2.42 bits per heavy atom. The lowest BCUT2D eigenvalue weighted by molar-refractivity contribution is 0.340. The average molecular weight is 184 g/mol. The largest absolute Gasteiger partial charge is 0.379 e. The highest BCUT2D eigenvalue weighted by atomic mass is 32.2. The monoisotopic (exact) mass is 184 g/mol. The van der Waals surface area contributed by atoms with E-state index in [0.717, 1.165) is 12.2 Å². The maximum Gasteiger partial charge on any atom is 0.151 e. The Hall–Kier alpha value is -0.440. The second kappa shape index (κ2) is 3.99. The van der Waals surface area contributed by atoms with Crippen LogP contribution < -0.4 is 5.73 Å². The van der Waals surface area contributed by atoms with Crippen LogP contribution in [0.4, 0.5) is 0 Å². The van der Waals surface area contributed by atoms with E-state index >= 15 is 0 Å². The standard InChI is InChI=1S/C9H16N2S/c1-9(7-12-8(10)11)5-3-2-4-6-9/h2-3H,4-7H2,1H3,(H3,10,11). The summed E-state index contributed by atoms with van der Waals surface area (Å²) < 4.78 is 0. The van der Waals surface area contributed by atoms with E-state index in [2.05, 4.69) is 19.1 Å². The van der Waals surface area contributed by atoms with Gasteiger partial charge in [-0.3, -0.25) is 5.41 Å². The molecule has 0 heterocycles. The van der Waals surface area contributed by atoms with Gasteiger partial charge in [-0.15, -0.1) is 0 Å². The lowest BCUT2D eigenvalue weighted by Gasteiger charge is -2.29. The van der Waals surface area contributed by atoms with Crippen LogP contribution in [0.5, 0.6) is 0 Å². The minimum Gasteiger partial charge on any atom is -0.379 e. The first-order valence-electron chi connectivity index (χ1n) is 4.24. The molecule has 0 aromatic rings. The lowest BCUT2D eigenvalue weighted by atomic mass is 9.81. The number of thioether (sulfide) groups is 1. The van der Waals surface area contributed by atoms with Crippen LogP contribution in [0.25, 0.3) is 0 Å². The van der Waals surface area contributed by atoms with E-state index in [0.29, 0.717) is 5.41 Å². The number of amidine groups is 1. The number of nitrogens with one attached hydrogen (secondary N) is 1. The SMILES string of the molecule is CC1(CSC(=N)N)CC=CCC1. The van der Waals surface area contributed by atoms with Gasteiger partial charge in [-0.1, -0.05) is 30.8 Å². The quantitative estimate of drug-likeness (QED) is 0.393. The molecule has 3 heteroatoms. The van der Waals surface area contributed by atoms with Gasteiger partial charge in [0.05, 0.1) is 0 Å². The summed E-state index contributed by atoms with van der Waals surface area (Å²) in [6.07, 6.45) is 8.01. The van der Waals surface area contributed by atoms with Crippen molar-refractivity contribution in [1.82, 2.24) is 0 Å². The molecule has 0 bridgehead atoms. The number of hydrogen-bond acceptors (Lipinski definition) is 2. The zero-order valence-electron chi connectivity index (χ0n) is 7.47. The minimum absolute atomic E-state index is 0.241. The van der Waals surface area contributed by atoms with Gasteiger partial charge in [0.2, 0.25) is 0 Å². The molecular weight excluding hydrogens is 168 g/mol. The molecule has 2 nitrogen and oxygen atoms in total. The lowest BCUT2D eigenvalue weighted by Crippen LogP contribution is -2.22. The van der Waals surface area contributed by atoms with Crippen molar-refractivity contribution in [2.45, 2.75) is 26.2 Å².